The first kappa shape index (κ1) is 25.2. The molecule has 1 aromatic carbocycles. The van der Waals surface area contributed by atoms with E-state index in [0.29, 0.717) is 25.5 Å². The van der Waals surface area contributed by atoms with Crippen molar-refractivity contribution in [2.75, 3.05) is 31.1 Å². The molecule has 2 N–H and O–H groups in total. The van der Waals surface area contributed by atoms with Gasteiger partial charge in [0.25, 0.3) is 0 Å². The molecule has 0 saturated carbocycles. The minimum absolute atomic E-state index is 0. The SMILES string of the molecule is CCNC(=NCc1ccc(N2CCCC2)nc1)NCCc1ccc(C(F)(F)F)cc1.I. The number of nitrogens with one attached hydrogen (secondary N) is 2. The number of alkyl halides is 3. The zero-order valence-electron chi connectivity index (χ0n) is 17.6. The van der Waals surface area contributed by atoms with Crippen LogP contribution in [0.5, 0.6) is 0 Å². The van der Waals surface area contributed by atoms with Gasteiger partial charge in [0, 0.05) is 32.4 Å². The predicted octanol–water partition coefficient (Wildman–Crippen LogP) is 4.62. The maximum absolute atomic E-state index is 12.6. The van der Waals surface area contributed by atoms with Crippen molar-refractivity contribution in [3.05, 3.63) is 59.3 Å². The van der Waals surface area contributed by atoms with Crippen LogP contribution in [0.2, 0.25) is 0 Å². The van der Waals surface area contributed by atoms with Crippen LogP contribution in [0.4, 0.5) is 19.0 Å². The summed E-state index contributed by atoms with van der Waals surface area (Å²) in [5, 5.41) is 6.41. The quantitative estimate of drug-likeness (QED) is 0.302. The van der Waals surface area contributed by atoms with Gasteiger partial charge in [-0.05, 0) is 55.5 Å². The molecule has 0 amide bonds. The third-order valence-electron chi connectivity index (χ3n) is 4.99. The number of anilines is 1. The molecule has 1 fully saturated rings. The van der Waals surface area contributed by atoms with E-state index in [1.54, 1.807) is 0 Å². The van der Waals surface area contributed by atoms with E-state index in [1.165, 1.54) is 25.0 Å². The van der Waals surface area contributed by atoms with E-state index in [2.05, 4.69) is 31.6 Å². The zero-order chi connectivity index (χ0) is 21.4. The van der Waals surface area contributed by atoms with E-state index in [0.717, 1.165) is 48.7 Å². The molecule has 31 heavy (non-hydrogen) atoms. The minimum atomic E-state index is -4.30. The summed E-state index contributed by atoms with van der Waals surface area (Å²) in [5.74, 6) is 1.69. The molecule has 0 atom stereocenters. The van der Waals surface area contributed by atoms with Gasteiger partial charge in [-0.3, -0.25) is 0 Å². The van der Waals surface area contributed by atoms with Crippen molar-refractivity contribution in [1.82, 2.24) is 15.6 Å². The van der Waals surface area contributed by atoms with Gasteiger partial charge in [0.15, 0.2) is 5.96 Å². The number of hydrogen-bond acceptors (Lipinski definition) is 3. The first-order valence-electron chi connectivity index (χ1n) is 10.3. The van der Waals surface area contributed by atoms with Crippen molar-refractivity contribution in [2.45, 2.75) is 38.9 Å². The van der Waals surface area contributed by atoms with Crippen molar-refractivity contribution in [1.29, 1.82) is 0 Å². The number of hydrogen-bond donors (Lipinski definition) is 2. The molecule has 0 radical (unpaired) electrons. The fourth-order valence-electron chi connectivity index (χ4n) is 3.34. The number of rotatable bonds is 7. The van der Waals surface area contributed by atoms with Crippen LogP contribution in [-0.2, 0) is 19.1 Å². The van der Waals surface area contributed by atoms with E-state index in [-0.39, 0.29) is 24.0 Å². The van der Waals surface area contributed by atoms with Gasteiger partial charge in [0.05, 0.1) is 12.1 Å². The van der Waals surface area contributed by atoms with Crippen LogP contribution < -0.4 is 15.5 Å². The number of halogens is 4. The van der Waals surface area contributed by atoms with Gasteiger partial charge in [-0.2, -0.15) is 13.2 Å². The Bertz CT molecular complexity index is 817. The van der Waals surface area contributed by atoms with Gasteiger partial charge in [-0.25, -0.2) is 9.98 Å². The highest BCUT2D eigenvalue weighted by molar-refractivity contribution is 14.0. The fraction of sp³-hybridized carbons (Fsp3) is 0.455. The summed E-state index contributed by atoms with van der Waals surface area (Å²) in [6.45, 7) is 5.92. The molecule has 9 heteroatoms. The number of pyridine rings is 1. The Morgan fingerprint density at radius 2 is 1.71 bits per heavy atom. The van der Waals surface area contributed by atoms with E-state index in [4.69, 9.17) is 0 Å². The smallest absolute Gasteiger partial charge is 0.357 e. The standard InChI is InChI=1S/C22H28F3N5.HI/c1-2-26-21(27-12-11-17-5-8-19(9-6-17)22(23,24)25)29-16-18-7-10-20(28-15-18)30-13-3-4-14-30;/h5-10,15H,2-4,11-14,16H2,1H3,(H2,26,27,29);1H. The first-order chi connectivity index (χ1) is 14.5. The van der Waals surface area contributed by atoms with Crippen LogP contribution in [0.3, 0.4) is 0 Å². The van der Waals surface area contributed by atoms with Crippen LogP contribution >= 0.6 is 24.0 Å². The molecular weight excluding hydrogens is 518 g/mol. The number of aliphatic imine (C=N–C) groups is 1. The number of aromatic nitrogens is 1. The molecule has 0 bridgehead atoms. The largest absolute Gasteiger partial charge is 0.416 e. The molecule has 0 unspecified atom stereocenters. The number of nitrogens with zero attached hydrogens (tertiary/aromatic N) is 3. The lowest BCUT2D eigenvalue weighted by molar-refractivity contribution is -0.137. The van der Waals surface area contributed by atoms with Gasteiger partial charge in [0.2, 0.25) is 0 Å². The van der Waals surface area contributed by atoms with E-state index in [9.17, 15) is 13.2 Å². The third kappa shape index (κ3) is 7.86. The highest BCUT2D eigenvalue weighted by atomic mass is 127. The molecule has 0 aliphatic carbocycles. The van der Waals surface area contributed by atoms with Crippen LogP contribution in [-0.4, -0.2) is 37.1 Å². The maximum atomic E-state index is 12.6. The molecule has 2 heterocycles. The molecule has 2 aromatic rings. The lowest BCUT2D eigenvalue weighted by Crippen LogP contribution is -2.38. The topological polar surface area (TPSA) is 52.6 Å². The molecule has 1 saturated heterocycles. The van der Waals surface area contributed by atoms with Crippen LogP contribution in [0.15, 0.2) is 47.6 Å². The van der Waals surface area contributed by atoms with Gasteiger partial charge < -0.3 is 15.5 Å². The fourth-order valence-corrected chi connectivity index (χ4v) is 3.34. The van der Waals surface area contributed by atoms with E-state index >= 15 is 0 Å². The van der Waals surface area contributed by atoms with Crippen molar-refractivity contribution in [3.63, 3.8) is 0 Å². The van der Waals surface area contributed by atoms with Gasteiger partial charge in [-0.1, -0.05) is 18.2 Å². The summed E-state index contributed by atoms with van der Waals surface area (Å²) in [5.41, 5.74) is 1.24. The summed E-state index contributed by atoms with van der Waals surface area (Å²) in [6, 6.07) is 9.36. The highest BCUT2D eigenvalue weighted by Gasteiger charge is 2.29. The van der Waals surface area contributed by atoms with Gasteiger partial charge >= 0.3 is 6.18 Å². The second kappa shape index (κ2) is 12.1. The van der Waals surface area contributed by atoms with Gasteiger partial charge in [-0.15, -0.1) is 24.0 Å². The average molecular weight is 547 g/mol. The first-order valence-corrected chi connectivity index (χ1v) is 10.3. The molecule has 1 aromatic heterocycles. The van der Waals surface area contributed by atoms with Crippen molar-refractivity contribution in [2.24, 2.45) is 4.99 Å². The molecule has 1 aliphatic heterocycles. The molecule has 170 valence electrons. The number of guanidine groups is 1. The highest BCUT2D eigenvalue weighted by Crippen LogP contribution is 2.29. The van der Waals surface area contributed by atoms with Gasteiger partial charge in [0.1, 0.15) is 5.82 Å². The van der Waals surface area contributed by atoms with Crippen molar-refractivity contribution in [3.8, 4) is 0 Å². The third-order valence-corrected chi connectivity index (χ3v) is 4.99. The molecular formula is C22H29F3IN5. The zero-order valence-corrected chi connectivity index (χ0v) is 19.9. The summed E-state index contributed by atoms with van der Waals surface area (Å²) >= 11 is 0. The van der Waals surface area contributed by atoms with Crippen molar-refractivity contribution >= 4 is 35.8 Å². The average Bonchev–Trinajstić information content (AvgIpc) is 3.27. The monoisotopic (exact) mass is 547 g/mol. The molecule has 3 rings (SSSR count). The predicted molar refractivity (Wildman–Crippen MR) is 129 cm³/mol. The van der Waals surface area contributed by atoms with Crippen LogP contribution in [0.1, 0.15) is 36.5 Å². The second-order valence-corrected chi connectivity index (χ2v) is 7.29. The second-order valence-electron chi connectivity index (χ2n) is 7.29. The Morgan fingerprint density at radius 1 is 1.03 bits per heavy atom. The van der Waals surface area contributed by atoms with E-state index in [1.807, 2.05) is 19.2 Å². The number of benzene rings is 1. The van der Waals surface area contributed by atoms with Crippen molar-refractivity contribution < 1.29 is 13.2 Å². The summed E-state index contributed by atoms with van der Waals surface area (Å²) in [4.78, 5) is 11.4. The maximum Gasteiger partial charge on any atom is 0.416 e. The Balaban J connectivity index is 0.00000341. The molecule has 5 nitrogen and oxygen atoms in total. The summed E-state index contributed by atoms with van der Waals surface area (Å²) < 4.78 is 37.9. The Kier molecular flexibility index (Phi) is 9.86. The Labute approximate surface area is 198 Å². The van der Waals surface area contributed by atoms with Crippen LogP contribution in [0, 0.1) is 0 Å². The van der Waals surface area contributed by atoms with E-state index < -0.39 is 11.7 Å². The normalized spacial score (nSPS) is 14.3. The molecule has 1 aliphatic rings. The minimum Gasteiger partial charge on any atom is -0.357 e. The van der Waals surface area contributed by atoms with Crippen LogP contribution in [0.25, 0.3) is 0 Å². The summed E-state index contributed by atoms with van der Waals surface area (Å²) in [6.07, 6.45) is 0.608. The lowest BCUT2D eigenvalue weighted by Gasteiger charge is -2.16. The Morgan fingerprint density at radius 3 is 2.29 bits per heavy atom. The lowest BCUT2D eigenvalue weighted by atomic mass is 10.1. The Hall–Kier alpha value is -2.04. The molecule has 0 spiro atoms. The summed E-state index contributed by atoms with van der Waals surface area (Å²) in [7, 11) is 0.